The molecule has 0 spiro atoms. The smallest absolute Gasteiger partial charge is 0.308 e. The van der Waals surface area contributed by atoms with Crippen LogP contribution in [0.4, 0.5) is 4.39 Å². The van der Waals surface area contributed by atoms with Crippen LogP contribution in [0.15, 0.2) is 12.1 Å². The molecule has 1 aromatic rings. The molecule has 4 heteroatoms. The van der Waals surface area contributed by atoms with Gasteiger partial charge in [0, 0.05) is 11.5 Å². The van der Waals surface area contributed by atoms with E-state index in [9.17, 15) is 4.79 Å². The first-order valence-electron chi connectivity index (χ1n) is 13.0. The molecule has 6 aliphatic rings. The second-order valence-electron chi connectivity index (χ2n) is 12.0. The van der Waals surface area contributed by atoms with Gasteiger partial charge in [-0.2, -0.15) is 0 Å². The highest BCUT2D eigenvalue weighted by Gasteiger charge is 2.51. The van der Waals surface area contributed by atoms with Gasteiger partial charge < -0.3 is 9.47 Å². The fourth-order valence-corrected chi connectivity index (χ4v) is 8.34. The summed E-state index contributed by atoms with van der Waals surface area (Å²) >= 11 is 0. The van der Waals surface area contributed by atoms with Crippen LogP contribution in [0.5, 0.6) is 5.75 Å². The Bertz CT molecular complexity index is 854. The molecule has 0 radical (unpaired) electrons. The van der Waals surface area contributed by atoms with Crippen molar-refractivity contribution in [2.24, 2.45) is 35.0 Å². The lowest BCUT2D eigenvalue weighted by molar-refractivity contribution is -0.146. The summed E-state index contributed by atoms with van der Waals surface area (Å²) in [5, 5.41) is 0. The average molecular weight is 441 g/mol. The summed E-state index contributed by atoms with van der Waals surface area (Å²) in [4.78, 5) is 12.2. The van der Waals surface area contributed by atoms with Gasteiger partial charge in [-0.25, -0.2) is 4.39 Å². The van der Waals surface area contributed by atoms with Crippen molar-refractivity contribution in [1.82, 2.24) is 0 Å². The Hall–Kier alpha value is -1.58. The lowest BCUT2D eigenvalue weighted by Gasteiger charge is -2.56. The first-order chi connectivity index (χ1) is 15.5. The van der Waals surface area contributed by atoms with Gasteiger partial charge in [0.25, 0.3) is 0 Å². The summed E-state index contributed by atoms with van der Waals surface area (Å²) in [5.41, 5.74) is 2.30. The number of benzene rings is 1. The zero-order valence-corrected chi connectivity index (χ0v) is 19.4. The molecular weight excluding hydrogens is 403 g/mol. The van der Waals surface area contributed by atoms with Crippen LogP contribution in [-0.4, -0.2) is 19.7 Å². The van der Waals surface area contributed by atoms with E-state index >= 15 is 4.39 Å². The molecule has 0 amide bonds. The summed E-state index contributed by atoms with van der Waals surface area (Å²) < 4.78 is 26.8. The van der Waals surface area contributed by atoms with Crippen LogP contribution >= 0.6 is 0 Å². The van der Waals surface area contributed by atoms with Crippen LogP contribution in [-0.2, 0) is 16.0 Å². The molecule has 1 aromatic carbocycles. The van der Waals surface area contributed by atoms with Crippen molar-refractivity contribution in [3.05, 3.63) is 29.1 Å². The van der Waals surface area contributed by atoms with E-state index in [0.717, 1.165) is 54.9 Å². The van der Waals surface area contributed by atoms with Gasteiger partial charge in [0.1, 0.15) is 11.6 Å². The van der Waals surface area contributed by atoms with Crippen LogP contribution in [0.1, 0.15) is 87.7 Å². The van der Waals surface area contributed by atoms with Crippen molar-refractivity contribution in [2.75, 3.05) is 13.7 Å². The molecule has 4 bridgehead atoms. The van der Waals surface area contributed by atoms with Crippen LogP contribution in [0.25, 0.3) is 0 Å². The standard InChI is InChI=1S/C28H37FO3/c1-31-27(30)23-4-2-3-21(23)10-22-11-24(20-5-6-20)26(12-25(22)29)32-16-28-13-17-7-18(14-28)9-19(8-17)15-28/h11-12,17-21,23H,2-10,13-16H2,1H3/t17?,18?,19?,21-,23+,28?/m0/s1. The largest absolute Gasteiger partial charge is 0.493 e. The number of methoxy groups -OCH3 is 1. The van der Waals surface area contributed by atoms with Gasteiger partial charge in [0.15, 0.2) is 0 Å². The van der Waals surface area contributed by atoms with E-state index in [1.54, 1.807) is 6.07 Å². The zero-order valence-electron chi connectivity index (χ0n) is 19.4. The summed E-state index contributed by atoms with van der Waals surface area (Å²) in [5.74, 6) is 3.82. The van der Waals surface area contributed by atoms with Crippen LogP contribution in [0.2, 0.25) is 0 Å². The van der Waals surface area contributed by atoms with Crippen molar-refractivity contribution in [3.8, 4) is 5.75 Å². The fourth-order valence-electron chi connectivity index (χ4n) is 8.34. The Balaban J connectivity index is 1.20. The molecule has 0 heterocycles. The minimum Gasteiger partial charge on any atom is -0.493 e. The number of hydrogen-bond acceptors (Lipinski definition) is 3. The maximum Gasteiger partial charge on any atom is 0.308 e. The molecule has 0 saturated heterocycles. The van der Waals surface area contributed by atoms with Crippen molar-refractivity contribution in [2.45, 2.75) is 83.0 Å². The van der Waals surface area contributed by atoms with Crippen molar-refractivity contribution in [3.63, 3.8) is 0 Å². The van der Waals surface area contributed by atoms with Gasteiger partial charge in [-0.05, 0) is 117 Å². The van der Waals surface area contributed by atoms with Crippen LogP contribution in [0.3, 0.4) is 0 Å². The number of esters is 1. The lowest BCUT2D eigenvalue weighted by atomic mass is 9.50. The van der Waals surface area contributed by atoms with Gasteiger partial charge in [0.2, 0.25) is 0 Å². The Morgan fingerprint density at radius 3 is 2.34 bits per heavy atom. The third kappa shape index (κ3) is 3.86. The number of carbonyl (C=O) groups is 1. The maximum atomic E-state index is 15.3. The second kappa shape index (κ2) is 8.02. The predicted octanol–water partition coefficient (Wildman–Crippen LogP) is 6.43. The van der Waals surface area contributed by atoms with Crippen LogP contribution < -0.4 is 4.74 Å². The van der Waals surface area contributed by atoms with E-state index in [0.29, 0.717) is 17.8 Å². The quantitative estimate of drug-likeness (QED) is 0.458. The highest BCUT2D eigenvalue weighted by molar-refractivity contribution is 5.73. The Kier molecular flexibility index (Phi) is 5.26. The topological polar surface area (TPSA) is 35.5 Å². The van der Waals surface area contributed by atoms with Gasteiger partial charge in [-0.1, -0.05) is 6.42 Å². The van der Waals surface area contributed by atoms with E-state index in [2.05, 4.69) is 6.07 Å². The summed E-state index contributed by atoms with van der Waals surface area (Å²) in [6.45, 7) is 0.766. The van der Waals surface area contributed by atoms with E-state index in [4.69, 9.17) is 9.47 Å². The van der Waals surface area contributed by atoms with E-state index in [1.165, 1.54) is 64.0 Å². The molecule has 0 N–H and O–H groups in total. The first kappa shape index (κ1) is 21.0. The monoisotopic (exact) mass is 440 g/mol. The maximum absolute atomic E-state index is 15.3. The first-order valence-corrected chi connectivity index (χ1v) is 13.0. The summed E-state index contributed by atoms with van der Waals surface area (Å²) in [7, 11) is 1.46. The van der Waals surface area contributed by atoms with Crippen molar-refractivity contribution >= 4 is 5.97 Å². The molecule has 6 aliphatic carbocycles. The second-order valence-corrected chi connectivity index (χ2v) is 12.0. The molecule has 32 heavy (non-hydrogen) atoms. The molecule has 6 saturated carbocycles. The molecular formula is C28H37FO3. The molecule has 6 fully saturated rings. The minimum absolute atomic E-state index is 0.0872. The van der Waals surface area contributed by atoms with Crippen LogP contribution in [0, 0.1) is 40.8 Å². The number of carbonyl (C=O) groups excluding carboxylic acids is 1. The zero-order chi connectivity index (χ0) is 21.9. The Labute approximate surface area is 191 Å². The van der Waals surface area contributed by atoms with Gasteiger partial charge >= 0.3 is 5.97 Å². The van der Waals surface area contributed by atoms with Gasteiger partial charge in [-0.15, -0.1) is 0 Å². The van der Waals surface area contributed by atoms with E-state index in [1.807, 2.05) is 0 Å². The van der Waals surface area contributed by atoms with Crippen molar-refractivity contribution < 1.29 is 18.7 Å². The Morgan fingerprint density at radius 2 is 1.72 bits per heavy atom. The number of rotatable bonds is 7. The SMILES string of the molecule is COC(=O)[C@@H]1CCC[C@H]1Cc1cc(C2CC2)c(OCC23CC4CC(CC(C4)C2)C3)cc1F. The summed E-state index contributed by atoms with van der Waals surface area (Å²) in [6.07, 6.45) is 14.1. The molecule has 174 valence electrons. The summed E-state index contributed by atoms with van der Waals surface area (Å²) in [6, 6.07) is 3.75. The molecule has 0 aliphatic heterocycles. The average Bonchev–Trinajstić information content (AvgIpc) is 3.50. The molecule has 0 unspecified atom stereocenters. The number of halogens is 1. The Morgan fingerprint density at radius 1 is 1.03 bits per heavy atom. The predicted molar refractivity (Wildman–Crippen MR) is 121 cm³/mol. The molecule has 3 nitrogen and oxygen atoms in total. The van der Waals surface area contributed by atoms with E-state index < -0.39 is 0 Å². The number of ether oxygens (including phenoxy) is 2. The van der Waals surface area contributed by atoms with Gasteiger partial charge in [-0.3, -0.25) is 4.79 Å². The minimum atomic E-state index is -0.162. The molecule has 7 rings (SSSR count). The van der Waals surface area contributed by atoms with E-state index in [-0.39, 0.29) is 23.6 Å². The molecule has 0 aromatic heterocycles. The lowest BCUT2D eigenvalue weighted by Crippen LogP contribution is -2.48. The normalized spacial score (nSPS) is 37.6. The molecule has 2 atom stereocenters. The third-order valence-corrected chi connectivity index (χ3v) is 9.54. The highest BCUT2D eigenvalue weighted by Crippen LogP contribution is 2.60. The van der Waals surface area contributed by atoms with Crippen molar-refractivity contribution in [1.29, 1.82) is 0 Å². The fraction of sp³-hybridized carbons (Fsp3) is 0.750. The third-order valence-electron chi connectivity index (χ3n) is 9.54. The van der Waals surface area contributed by atoms with Gasteiger partial charge in [0.05, 0.1) is 19.6 Å². The number of hydrogen-bond donors (Lipinski definition) is 0. The highest BCUT2D eigenvalue weighted by atomic mass is 19.1.